The van der Waals surface area contributed by atoms with Gasteiger partial charge in [-0.25, -0.2) is 0 Å². The van der Waals surface area contributed by atoms with Crippen LogP contribution < -0.4 is 15.4 Å². The Morgan fingerprint density at radius 2 is 1.77 bits per heavy atom. The number of hydrogen-bond donors (Lipinski definition) is 2. The molecular formula is C19H28N2O5. The summed E-state index contributed by atoms with van der Waals surface area (Å²) in [5.41, 5.74) is 0.517. The third kappa shape index (κ3) is 8.00. The van der Waals surface area contributed by atoms with E-state index in [9.17, 15) is 14.4 Å². The fourth-order valence-electron chi connectivity index (χ4n) is 2.47. The van der Waals surface area contributed by atoms with Gasteiger partial charge in [0.05, 0.1) is 25.3 Å². The first-order valence-corrected chi connectivity index (χ1v) is 8.96. The van der Waals surface area contributed by atoms with E-state index in [1.807, 2.05) is 13.8 Å². The van der Waals surface area contributed by atoms with E-state index < -0.39 is 11.8 Å². The number of carbonyl (C=O) groups is 3. The van der Waals surface area contributed by atoms with Gasteiger partial charge in [0.1, 0.15) is 12.2 Å². The van der Waals surface area contributed by atoms with Crippen LogP contribution in [-0.2, 0) is 19.1 Å². The fourth-order valence-corrected chi connectivity index (χ4v) is 2.47. The third-order valence-corrected chi connectivity index (χ3v) is 3.50. The Bertz CT molecular complexity index is 603. The molecule has 0 aliphatic rings. The highest BCUT2D eigenvalue weighted by molar-refractivity contribution is 6.04. The maximum atomic E-state index is 12.1. The smallest absolute Gasteiger partial charge is 0.307 e. The standard InChI is InChI=1S/C19H28N2O5/c1-4-9-14(12-19(24)26-6-3)20-17(22)13-18(23)21-15-10-7-8-11-16(15)25-5-2/h7-8,10-11,14H,4-6,9,12-13H2,1-3H3,(H,20,22)(H,21,23). The predicted molar refractivity (Wildman–Crippen MR) is 98.9 cm³/mol. The van der Waals surface area contributed by atoms with Gasteiger partial charge in [-0.2, -0.15) is 0 Å². The second kappa shape index (κ2) is 11.9. The highest BCUT2D eigenvalue weighted by Crippen LogP contribution is 2.23. The average molecular weight is 364 g/mol. The molecule has 2 N–H and O–H groups in total. The van der Waals surface area contributed by atoms with Crippen LogP contribution in [0.2, 0.25) is 0 Å². The van der Waals surface area contributed by atoms with Gasteiger partial charge < -0.3 is 20.1 Å². The number of hydrogen-bond acceptors (Lipinski definition) is 5. The number of para-hydroxylation sites is 2. The van der Waals surface area contributed by atoms with Crippen LogP contribution in [0.4, 0.5) is 5.69 Å². The number of ether oxygens (including phenoxy) is 2. The van der Waals surface area contributed by atoms with Crippen LogP contribution in [0.3, 0.4) is 0 Å². The van der Waals surface area contributed by atoms with Crippen molar-refractivity contribution in [3.05, 3.63) is 24.3 Å². The minimum Gasteiger partial charge on any atom is -0.492 e. The van der Waals surface area contributed by atoms with E-state index in [1.165, 1.54) is 0 Å². The van der Waals surface area contributed by atoms with Crippen LogP contribution in [0.1, 0.15) is 46.5 Å². The summed E-state index contributed by atoms with van der Waals surface area (Å²) in [6, 6.07) is 6.69. The van der Waals surface area contributed by atoms with Crippen LogP contribution >= 0.6 is 0 Å². The van der Waals surface area contributed by atoms with Crippen LogP contribution in [0.5, 0.6) is 5.75 Å². The minimum absolute atomic E-state index is 0.0994. The first-order valence-electron chi connectivity index (χ1n) is 8.96. The van der Waals surface area contributed by atoms with Gasteiger partial charge in [0.25, 0.3) is 0 Å². The molecule has 7 nitrogen and oxygen atoms in total. The molecule has 0 aliphatic heterocycles. The summed E-state index contributed by atoms with van der Waals surface area (Å²) >= 11 is 0. The molecule has 1 unspecified atom stereocenters. The Morgan fingerprint density at radius 1 is 1.04 bits per heavy atom. The maximum absolute atomic E-state index is 12.1. The molecule has 2 amide bonds. The fraction of sp³-hybridized carbons (Fsp3) is 0.526. The lowest BCUT2D eigenvalue weighted by atomic mass is 10.1. The van der Waals surface area contributed by atoms with Gasteiger partial charge in [0, 0.05) is 6.04 Å². The zero-order chi connectivity index (χ0) is 19.4. The van der Waals surface area contributed by atoms with Gasteiger partial charge in [-0.3, -0.25) is 14.4 Å². The SMILES string of the molecule is CCCC(CC(=O)OCC)NC(=O)CC(=O)Nc1ccccc1OCC. The molecule has 1 rings (SSSR count). The molecule has 0 fully saturated rings. The highest BCUT2D eigenvalue weighted by atomic mass is 16.5. The zero-order valence-electron chi connectivity index (χ0n) is 15.7. The summed E-state index contributed by atoms with van der Waals surface area (Å²) in [7, 11) is 0. The normalized spacial score (nSPS) is 11.3. The first-order chi connectivity index (χ1) is 12.5. The second-order valence-corrected chi connectivity index (χ2v) is 5.72. The molecule has 0 saturated heterocycles. The van der Waals surface area contributed by atoms with Gasteiger partial charge in [-0.15, -0.1) is 0 Å². The van der Waals surface area contributed by atoms with Gasteiger partial charge in [-0.05, 0) is 32.4 Å². The molecule has 0 aliphatic carbocycles. The third-order valence-electron chi connectivity index (χ3n) is 3.50. The van der Waals surface area contributed by atoms with Crippen molar-refractivity contribution in [2.75, 3.05) is 18.5 Å². The predicted octanol–water partition coefficient (Wildman–Crippen LogP) is 2.65. The number of esters is 1. The maximum Gasteiger partial charge on any atom is 0.307 e. The molecular weight excluding hydrogens is 336 g/mol. The number of carbonyl (C=O) groups excluding carboxylic acids is 3. The molecule has 0 heterocycles. The van der Waals surface area contributed by atoms with Crippen molar-refractivity contribution in [1.82, 2.24) is 5.32 Å². The minimum atomic E-state index is -0.443. The van der Waals surface area contributed by atoms with Gasteiger partial charge in [0.2, 0.25) is 11.8 Å². The van der Waals surface area contributed by atoms with Crippen molar-refractivity contribution < 1.29 is 23.9 Å². The molecule has 0 saturated carbocycles. The van der Waals surface area contributed by atoms with Crippen molar-refractivity contribution in [1.29, 1.82) is 0 Å². The molecule has 0 aromatic heterocycles. The Balaban J connectivity index is 2.57. The lowest BCUT2D eigenvalue weighted by Gasteiger charge is -2.17. The van der Waals surface area contributed by atoms with E-state index in [-0.39, 0.29) is 24.9 Å². The quantitative estimate of drug-likeness (QED) is 0.465. The number of benzene rings is 1. The van der Waals surface area contributed by atoms with Crippen LogP contribution in [-0.4, -0.2) is 37.0 Å². The summed E-state index contributed by atoms with van der Waals surface area (Å²) < 4.78 is 10.4. The van der Waals surface area contributed by atoms with Gasteiger partial charge >= 0.3 is 5.97 Å². The van der Waals surface area contributed by atoms with E-state index >= 15 is 0 Å². The molecule has 0 bridgehead atoms. The van der Waals surface area contributed by atoms with Crippen molar-refractivity contribution >= 4 is 23.5 Å². The lowest BCUT2D eigenvalue weighted by Crippen LogP contribution is -2.38. The highest BCUT2D eigenvalue weighted by Gasteiger charge is 2.18. The van der Waals surface area contributed by atoms with Gasteiger partial charge in [-0.1, -0.05) is 25.5 Å². The van der Waals surface area contributed by atoms with Crippen molar-refractivity contribution in [2.45, 2.75) is 52.5 Å². The van der Waals surface area contributed by atoms with Crippen molar-refractivity contribution in [2.24, 2.45) is 0 Å². The first kappa shape index (κ1) is 21.5. The molecule has 144 valence electrons. The summed E-state index contributed by atoms with van der Waals surface area (Å²) in [5, 5.41) is 5.41. The van der Waals surface area contributed by atoms with E-state index in [0.717, 1.165) is 6.42 Å². The molecule has 1 aromatic carbocycles. The zero-order valence-corrected chi connectivity index (χ0v) is 15.7. The number of amides is 2. The summed E-state index contributed by atoms with van der Waals surface area (Å²) in [6.07, 6.45) is 1.21. The molecule has 7 heteroatoms. The van der Waals surface area contributed by atoms with Crippen molar-refractivity contribution in [3.63, 3.8) is 0 Å². The number of anilines is 1. The summed E-state index contributed by atoms with van der Waals surface area (Å²) in [6.45, 7) is 6.31. The number of nitrogens with one attached hydrogen (secondary N) is 2. The largest absolute Gasteiger partial charge is 0.492 e. The topological polar surface area (TPSA) is 93.7 Å². The van der Waals surface area contributed by atoms with Gasteiger partial charge in [0.15, 0.2) is 0 Å². The van der Waals surface area contributed by atoms with Crippen LogP contribution in [0.15, 0.2) is 24.3 Å². The van der Waals surface area contributed by atoms with E-state index in [1.54, 1.807) is 31.2 Å². The van der Waals surface area contributed by atoms with Crippen LogP contribution in [0.25, 0.3) is 0 Å². The summed E-state index contributed by atoms with van der Waals surface area (Å²) in [5.74, 6) is -0.684. The monoisotopic (exact) mass is 364 g/mol. The molecule has 0 spiro atoms. The Kier molecular flexibility index (Phi) is 9.82. The Hall–Kier alpha value is -2.57. The molecule has 26 heavy (non-hydrogen) atoms. The molecule has 1 aromatic rings. The summed E-state index contributed by atoms with van der Waals surface area (Å²) in [4.78, 5) is 35.9. The molecule has 1 atom stereocenters. The Labute approximate surface area is 154 Å². The Morgan fingerprint density at radius 3 is 2.42 bits per heavy atom. The number of rotatable bonds is 11. The second-order valence-electron chi connectivity index (χ2n) is 5.72. The van der Waals surface area contributed by atoms with E-state index in [2.05, 4.69) is 10.6 Å². The lowest BCUT2D eigenvalue weighted by molar-refractivity contribution is -0.143. The average Bonchev–Trinajstić information content (AvgIpc) is 2.57. The van der Waals surface area contributed by atoms with E-state index in [4.69, 9.17) is 9.47 Å². The molecule has 0 radical (unpaired) electrons. The van der Waals surface area contributed by atoms with Crippen LogP contribution in [0, 0.1) is 0 Å². The van der Waals surface area contributed by atoms with E-state index in [0.29, 0.717) is 31.1 Å². The van der Waals surface area contributed by atoms with Crippen molar-refractivity contribution in [3.8, 4) is 5.75 Å².